The number of hydrogen-bond acceptors (Lipinski definition) is 5. The summed E-state index contributed by atoms with van der Waals surface area (Å²) in [5.41, 5.74) is 4.96. The molecule has 0 bridgehead atoms. The number of nitrogens with zero attached hydrogens (tertiary/aromatic N) is 4. The number of para-hydroxylation sites is 1. The first-order chi connectivity index (χ1) is 19.8. The van der Waals surface area contributed by atoms with Crippen molar-refractivity contribution < 1.29 is 14.3 Å². The fourth-order valence-electron chi connectivity index (χ4n) is 5.54. The van der Waals surface area contributed by atoms with Gasteiger partial charge in [-0.3, -0.25) is 14.5 Å². The molecule has 1 aromatic heterocycles. The Hall–Kier alpha value is -4.44. The van der Waals surface area contributed by atoms with Gasteiger partial charge < -0.3 is 4.74 Å². The molecule has 0 saturated heterocycles. The smallest absolute Gasteiger partial charge is 0.271 e. The van der Waals surface area contributed by atoms with Crippen LogP contribution in [0.15, 0.2) is 71.4 Å². The van der Waals surface area contributed by atoms with Crippen LogP contribution in [0.4, 0.5) is 0 Å². The molecule has 3 aromatic rings. The van der Waals surface area contributed by atoms with Gasteiger partial charge in [-0.1, -0.05) is 44.9 Å². The third-order valence-electron chi connectivity index (χ3n) is 7.93. The minimum Gasteiger partial charge on any atom is -0.493 e. The van der Waals surface area contributed by atoms with E-state index in [4.69, 9.17) is 9.84 Å². The number of aromatic nitrogens is 2. The number of nitriles is 1. The van der Waals surface area contributed by atoms with Crippen LogP contribution in [0.2, 0.25) is 0 Å². The Morgan fingerprint density at radius 1 is 1.07 bits per heavy atom. The molecule has 2 amide bonds. The summed E-state index contributed by atoms with van der Waals surface area (Å²) in [5.74, 6) is 0.570. The summed E-state index contributed by atoms with van der Waals surface area (Å²) >= 11 is 0. The van der Waals surface area contributed by atoms with Gasteiger partial charge in [-0.2, -0.15) is 10.4 Å². The van der Waals surface area contributed by atoms with Crippen molar-refractivity contribution >= 4 is 17.9 Å². The van der Waals surface area contributed by atoms with Crippen LogP contribution in [0.25, 0.3) is 23.0 Å². The highest BCUT2D eigenvalue weighted by molar-refractivity contribution is 6.20. The molecule has 1 aliphatic heterocycles. The summed E-state index contributed by atoms with van der Waals surface area (Å²) < 4.78 is 7.82. The largest absolute Gasteiger partial charge is 0.493 e. The van der Waals surface area contributed by atoms with Crippen LogP contribution in [0.1, 0.15) is 64.0 Å². The van der Waals surface area contributed by atoms with Crippen LogP contribution in [0.5, 0.6) is 5.75 Å². The van der Waals surface area contributed by atoms with Gasteiger partial charge in [0.1, 0.15) is 17.4 Å². The zero-order valence-electron chi connectivity index (χ0n) is 24.2. The van der Waals surface area contributed by atoms with E-state index in [1.54, 1.807) is 17.7 Å². The van der Waals surface area contributed by atoms with E-state index < -0.39 is 5.91 Å². The molecule has 0 atom stereocenters. The molecule has 210 valence electrons. The molecule has 0 spiro atoms. The van der Waals surface area contributed by atoms with Crippen LogP contribution in [-0.4, -0.2) is 39.1 Å². The second-order valence-electron chi connectivity index (χ2n) is 11.3. The van der Waals surface area contributed by atoms with Crippen LogP contribution in [0.3, 0.4) is 0 Å². The van der Waals surface area contributed by atoms with Gasteiger partial charge in [0.25, 0.3) is 11.8 Å². The lowest BCUT2D eigenvalue weighted by molar-refractivity contribution is -0.143. The Kier molecular flexibility index (Phi) is 8.21. The molecular weight excluding hydrogens is 512 g/mol. The summed E-state index contributed by atoms with van der Waals surface area (Å²) in [6.07, 6.45) is 8.13. The van der Waals surface area contributed by atoms with Gasteiger partial charge in [0, 0.05) is 28.9 Å². The zero-order chi connectivity index (χ0) is 29.1. The van der Waals surface area contributed by atoms with Crippen LogP contribution in [0, 0.1) is 24.2 Å². The Labute approximate surface area is 241 Å². The Balaban J connectivity index is 1.60. The normalized spacial score (nSPS) is 17.2. The third-order valence-corrected chi connectivity index (χ3v) is 7.93. The number of hydrogen-bond donors (Lipinski definition) is 0. The number of imide groups is 1. The molecule has 0 radical (unpaired) electrons. The van der Waals surface area contributed by atoms with Gasteiger partial charge in [-0.15, -0.1) is 0 Å². The number of carbonyl (C=O) groups excluding carboxylic acids is 2. The number of amides is 2. The number of carbonyl (C=O) groups is 2. The predicted molar refractivity (Wildman–Crippen MR) is 159 cm³/mol. The lowest BCUT2D eigenvalue weighted by Gasteiger charge is -2.32. The summed E-state index contributed by atoms with van der Waals surface area (Å²) in [6.45, 7) is 8.70. The van der Waals surface area contributed by atoms with E-state index in [0.29, 0.717) is 29.4 Å². The molecular formula is C34H36N4O3. The van der Waals surface area contributed by atoms with E-state index in [0.717, 1.165) is 60.2 Å². The summed E-state index contributed by atoms with van der Waals surface area (Å²) in [4.78, 5) is 28.3. The molecule has 0 N–H and O–H groups in total. The van der Waals surface area contributed by atoms with E-state index in [2.05, 4.69) is 19.9 Å². The van der Waals surface area contributed by atoms with Crippen LogP contribution < -0.4 is 4.74 Å². The van der Waals surface area contributed by atoms with Crippen LogP contribution >= 0.6 is 0 Å². The molecule has 2 aliphatic rings. The first-order valence-electron chi connectivity index (χ1n) is 14.4. The average Bonchev–Trinajstić information content (AvgIpc) is 3.63. The number of aryl methyl sites for hydroxylation is 1. The second kappa shape index (κ2) is 12.0. The van der Waals surface area contributed by atoms with Gasteiger partial charge in [0.15, 0.2) is 0 Å². The molecule has 7 nitrogen and oxygen atoms in total. The van der Waals surface area contributed by atoms with Gasteiger partial charge in [-0.05, 0) is 86.6 Å². The van der Waals surface area contributed by atoms with Crippen molar-refractivity contribution in [1.29, 1.82) is 5.26 Å². The number of benzene rings is 2. The third kappa shape index (κ3) is 5.74. The van der Waals surface area contributed by atoms with E-state index in [1.165, 1.54) is 4.90 Å². The van der Waals surface area contributed by atoms with Crippen molar-refractivity contribution in [1.82, 2.24) is 14.7 Å². The molecule has 5 rings (SSSR count). The first-order valence-corrected chi connectivity index (χ1v) is 14.4. The molecule has 2 heterocycles. The van der Waals surface area contributed by atoms with Crippen molar-refractivity contribution in [2.24, 2.45) is 5.92 Å². The summed E-state index contributed by atoms with van der Waals surface area (Å²) in [7, 11) is 0. The van der Waals surface area contributed by atoms with E-state index in [9.17, 15) is 14.9 Å². The maximum absolute atomic E-state index is 13.8. The zero-order valence-corrected chi connectivity index (χ0v) is 24.2. The van der Waals surface area contributed by atoms with Gasteiger partial charge in [0.05, 0.1) is 18.0 Å². The number of ether oxygens (including phenoxy) is 1. The monoisotopic (exact) mass is 548 g/mol. The SMILES string of the molecule is CC1=C(C#N)C(=O)N(C2CCCC2)C(=O)/C1=C/c1cn(-c2ccccc2)nc1-c1ccc(OCCC(C)C)c(C)c1. The van der Waals surface area contributed by atoms with Gasteiger partial charge in [0.2, 0.25) is 0 Å². The molecule has 7 heteroatoms. The lowest BCUT2D eigenvalue weighted by Crippen LogP contribution is -2.47. The summed E-state index contributed by atoms with van der Waals surface area (Å²) in [6, 6.07) is 17.7. The van der Waals surface area contributed by atoms with Crippen molar-refractivity contribution in [3.8, 4) is 28.8 Å². The minimum absolute atomic E-state index is 0.0264. The van der Waals surface area contributed by atoms with Gasteiger partial charge in [-0.25, -0.2) is 4.68 Å². The fraction of sp³-hybridized carbons (Fsp3) is 0.353. The Morgan fingerprint density at radius 2 is 1.80 bits per heavy atom. The highest BCUT2D eigenvalue weighted by Crippen LogP contribution is 2.35. The predicted octanol–water partition coefficient (Wildman–Crippen LogP) is 6.81. The molecule has 2 aromatic carbocycles. The molecule has 1 aliphatic carbocycles. The highest BCUT2D eigenvalue weighted by atomic mass is 16.5. The molecule has 41 heavy (non-hydrogen) atoms. The van der Waals surface area contributed by atoms with Crippen molar-refractivity contribution in [2.75, 3.05) is 6.61 Å². The minimum atomic E-state index is -0.483. The van der Waals surface area contributed by atoms with E-state index in [1.807, 2.05) is 61.7 Å². The molecule has 1 fully saturated rings. The fourth-order valence-corrected chi connectivity index (χ4v) is 5.54. The molecule has 1 saturated carbocycles. The Morgan fingerprint density at radius 3 is 2.46 bits per heavy atom. The lowest BCUT2D eigenvalue weighted by atomic mass is 9.92. The average molecular weight is 549 g/mol. The van der Waals surface area contributed by atoms with E-state index in [-0.39, 0.29) is 17.5 Å². The van der Waals surface area contributed by atoms with Crippen molar-refractivity contribution in [3.05, 3.63) is 82.6 Å². The number of rotatable bonds is 8. The first kappa shape index (κ1) is 28.1. The quantitative estimate of drug-likeness (QED) is 0.228. The maximum atomic E-state index is 13.8. The van der Waals surface area contributed by atoms with Gasteiger partial charge >= 0.3 is 0 Å². The topological polar surface area (TPSA) is 88.2 Å². The Bertz CT molecular complexity index is 1570. The summed E-state index contributed by atoms with van der Waals surface area (Å²) in [5, 5.41) is 14.8. The van der Waals surface area contributed by atoms with E-state index >= 15 is 0 Å². The van der Waals surface area contributed by atoms with Crippen molar-refractivity contribution in [2.45, 2.75) is 65.8 Å². The van der Waals surface area contributed by atoms with Crippen LogP contribution in [-0.2, 0) is 9.59 Å². The van der Waals surface area contributed by atoms with Crippen molar-refractivity contribution in [3.63, 3.8) is 0 Å². The highest BCUT2D eigenvalue weighted by Gasteiger charge is 2.40. The maximum Gasteiger partial charge on any atom is 0.271 e. The molecule has 0 unspecified atom stereocenters. The standard InChI is InChI=1S/C34H36N4O3/c1-22(2)16-17-41-31-15-14-25(18-23(31)3)32-26(21-37(36-32)27-10-6-5-7-11-27)19-29-24(4)30(20-35)34(40)38(33(29)39)28-12-8-9-13-28/h5-7,10-11,14-15,18-19,21-22,28H,8-9,12-13,16-17H2,1-4H3/b29-19+. The second-order valence-corrected chi connectivity index (χ2v) is 11.3.